The van der Waals surface area contributed by atoms with Gasteiger partial charge in [-0.15, -0.1) is 0 Å². The van der Waals surface area contributed by atoms with Crippen LogP contribution in [0.5, 0.6) is 0 Å². The van der Waals surface area contributed by atoms with E-state index in [2.05, 4.69) is 79.3 Å². The highest BCUT2D eigenvalue weighted by Gasteiger charge is 2.11. The van der Waals surface area contributed by atoms with Crippen molar-refractivity contribution in [1.82, 2.24) is 0 Å². The van der Waals surface area contributed by atoms with Crippen LogP contribution in [0.1, 0.15) is 0 Å². The molecule has 0 heterocycles. The van der Waals surface area contributed by atoms with E-state index in [-0.39, 0.29) is 0 Å². The minimum atomic E-state index is 0.794. The third-order valence-corrected chi connectivity index (χ3v) is 4.81. The molecule has 0 nitrogen and oxygen atoms in total. The van der Waals surface area contributed by atoms with Crippen LogP contribution in [0.2, 0.25) is 5.02 Å². The Balaban J connectivity index is 2.72. The van der Waals surface area contributed by atoms with E-state index in [1.165, 1.54) is 12.7 Å². The van der Waals surface area contributed by atoms with Crippen molar-refractivity contribution < 1.29 is 0 Å². The summed E-state index contributed by atoms with van der Waals surface area (Å²) in [7, 11) is 0. The maximum atomic E-state index is 6.26. The molecule has 0 aliphatic heterocycles. The molecule has 2 aromatic rings. The fourth-order valence-electron chi connectivity index (χ4n) is 1.44. The van der Waals surface area contributed by atoms with Crippen LogP contribution in [-0.2, 0) is 0 Å². The Morgan fingerprint density at radius 3 is 2.44 bits per heavy atom. The van der Waals surface area contributed by atoms with Crippen molar-refractivity contribution in [1.29, 1.82) is 0 Å². The van der Waals surface area contributed by atoms with Crippen molar-refractivity contribution in [3.63, 3.8) is 0 Å². The van der Waals surface area contributed by atoms with Crippen LogP contribution in [0, 0.1) is 7.14 Å². The first-order valence-electron chi connectivity index (χ1n) is 4.49. The van der Waals surface area contributed by atoms with Gasteiger partial charge in [0, 0.05) is 22.2 Å². The summed E-state index contributed by atoms with van der Waals surface area (Å²) in [6.45, 7) is 0. The van der Waals surface area contributed by atoms with Crippen molar-refractivity contribution in [2.75, 3.05) is 0 Å². The van der Waals surface area contributed by atoms with Gasteiger partial charge in [-0.1, -0.05) is 33.6 Å². The largest absolute Gasteiger partial charge is 0.0836 e. The maximum Gasteiger partial charge on any atom is 0.0495 e. The van der Waals surface area contributed by atoms with Gasteiger partial charge in [0.15, 0.2) is 0 Å². The fourth-order valence-corrected chi connectivity index (χ4v) is 3.63. The molecule has 2 rings (SSSR count). The number of hydrogen-bond donors (Lipinski definition) is 0. The lowest BCUT2D eigenvalue weighted by molar-refractivity contribution is 1.53. The molecular formula is C12H6BrClI2. The SMILES string of the molecule is Clc1cccc(I)c1-c1cc(Br)ccc1I. The molecule has 2 aromatic carbocycles. The summed E-state index contributed by atoms with van der Waals surface area (Å²) in [6.07, 6.45) is 0. The lowest BCUT2D eigenvalue weighted by atomic mass is 10.1. The van der Waals surface area contributed by atoms with E-state index in [1.54, 1.807) is 0 Å². The zero-order valence-electron chi connectivity index (χ0n) is 7.98. The lowest BCUT2D eigenvalue weighted by Crippen LogP contribution is -1.88. The van der Waals surface area contributed by atoms with E-state index in [0.717, 1.165) is 15.1 Å². The first-order chi connectivity index (χ1) is 7.59. The third-order valence-electron chi connectivity index (χ3n) is 2.16. The molecule has 0 atom stereocenters. The predicted octanol–water partition coefficient (Wildman–Crippen LogP) is 5.98. The zero-order valence-corrected chi connectivity index (χ0v) is 14.6. The summed E-state index contributed by atoms with van der Waals surface area (Å²) < 4.78 is 3.44. The van der Waals surface area contributed by atoms with Crippen LogP contribution < -0.4 is 0 Å². The molecule has 0 bridgehead atoms. The van der Waals surface area contributed by atoms with Crippen LogP contribution >= 0.6 is 72.7 Å². The molecule has 0 N–H and O–H groups in total. The van der Waals surface area contributed by atoms with Gasteiger partial charge < -0.3 is 0 Å². The van der Waals surface area contributed by atoms with Crippen molar-refractivity contribution in [2.24, 2.45) is 0 Å². The van der Waals surface area contributed by atoms with Crippen LogP contribution in [-0.4, -0.2) is 0 Å². The van der Waals surface area contributed by atoms with Crippen LogP contribution in [0.3, 0.4) is 0 Å². The Kier molecular flexibility index (Phi) is 4.54. The van der Waals surface area contributed by atoms with Gasteiger partial charge in [0.2, 0.25) is 0 Å². The summed E-state index contributed by atoms with van der Waals surface area (Å²) in [5.41, 5.74) is 2.28. The second kappa shape index (κ2) is 5.54. The molecule has 0 spiro atoms. The molecule has 0 aliphatic carbocycles. The average molecular weight is 519 g/mol. The van der Waals surface area contributed by atoms with E-state index in [1.807, 2.05) is 18.2 Å². The van der Waals surface area contributed by atoms with Gasteiger partial charge >= 0.3 is 0 Å². The fraction of sp³-hybridized carbons (Fsp3) is 0. The summed E-state index contributed by atoms with van der Waals surface area (Å²) in [5, 5.41) is 0.794. The number of hydrogen-bond acceptors (Lipinski definition) is 0. The van der Waals surface area contributed by atoms with Gasteiger partial charge in [-0.05, 0) is 81.1 Å². The normalized spacial score (nSPS) is 10.5. The highest BCUT2D eigenvalue weighted by atomic mass is 127. The minimum Gasteiger partial charge on any atom is -0.0836 e. The predicted molar refractivity (Wildman–Crippen MR) is 90.0 cm³/mol. The van der Waals surface area contributed by atoms with Crippen molar-refractivity contribution >= 4 is 72.7 Å². The molecule has 0 saturated carbocycles. The number of halogens is 4. The molecule has 0 aromatic heterocycles. The second-order valence-corrected chi connectivity index (χ2v) is 6.87. The molecule has 82 valence electrons. The van der Waals surface area contributed by atoms with Gasteiger partial charge in [-0.2, -0.15) is 0 Å². The standard InChI is InChI=1S/C12H6BrClI2/c13-7-4-5-10(15)8(6-7)12-9(14)2-1-3-11(12)16/h1-6H. The Morgan fingerprint density at radius 1 is 1.00 bits per heavy atom. The molecule has 0 radical (unpaired) electrons. The second-order valence-electron chi connectivity index (χ2n) is 3.22. The molecule has 0 unspecified atom stereocenters. The highest BCUT2D eigenvalue weighted by Crippen LogP contribution is 2.36. The molecule has 0 aliphatic rings. The van der Waals surface area contributed by atoms with Gasteiger partial charge in [-0.3, -0.25) is 0 Å². The van der Waals surface area contributed by atoms with E-state index in [9.17, 15) is 0 Å². The van der Waals surface area contributed by atoms with Gasteiger partial charge in [0.1, 0.15) is 0 Å². The molecular weight excluding hydrogens is 513 g/mol. The quantitative estimate of drug-likeness (QED) is 0.407. The van der Waals surface area contributed by atoms with Crippen molar-refractivity contribution in [2.45, 2.75) is 0 Å². The lowest BCUT2D eigenvalue weighted by Gasteiger charge is -2.10. The topological polar surface area (TPSA) is 0 Å². The van der Waals surface area contributed by atoms with E-state index in [4.69, 9.17) is 11.6 Å². The summed E-state index contributed by atoms with van der Waals surface area (Å²) in [4.78, 5) is 0. The highest BCUT2D eigenvalue weighted by molar-refractivity contribution is 14.1. The van der Waals surface area contributed by atoms with Crippen LogP contribution in [0.4, 0.5) is 0 Å². The molecule has 0 saturated heterocycles. The molecule has 0 amide bonds. The first-order valence-corrected chi connectivity index (χ1v) is 7.82. The number of rotatable bonds is 1. The summed E-state index contributed by atoms with van der Waals surface area (Å²) in [6, 6.07) is 12.2. The molecule has 16 heavy (non-hydrogen) atoms. The third kappa shape index (κ3) is 2.73. The van der Waals surface area contributed by atoms with E-state index in [0.29, 0.717) is 0 Å². The summed E-state index contributed by atoms with van der Waals surface area (Å²) >= 11 is 14.4. The first kappa shape index (κ1) is 13.1. The maximum absolute atomic E-state index is 6.26. The zero-order chi connectivity index (χ0) is 11.7. The van der Waals surface area contributed by atoms with Gasteiger partial charge in [-0.25, -0.2) is 0 Å². The Bertz CT molecular complexity index is 520. The Hall–Kier alpha value is 0.670. The van der Waals surface area contributed by atoms with E-state index < -0.39 is 0 Å². The van der Waals surface area contributed by atoms with Crippen LogP contribution in [0.15, 0.2) is 40.9 Å². The van der Waals surface area contributed by atoms with Crippen LogP contribution in [0.25, 0.3) is 11.1 Å². The number of benzene rings is 2. The molecule has 0 fully saturated rings. The van der Waals surface area contributed by atoms with Crippen molar-refractivity contribution in [3.05, 3.63) is 53.0 Å². The monoisotopic (exact) mass is 518 g/mol. The average Bonchev–Trinajstić information content (AvgIpc) is 2.23. The van der Waals surface area contributed by atoms with E-state index >= 15 is 0 Å². The minimum absolute atomic E-state index is 0.794. The summed E-state index contributed by atoms with van der Waals surface area (Å²) in [5.74, 6) is 0. The Labute approximate surface area is 135 Å². The smallest absolute Gasteiger partial charge is 0.0495 e. The van der Waals surface area contributed by atoms with Gasteiger partial charge in [0.05, 0.1) is 0 Å². The van der Waals surface area contributed by atoms with Crippen molar-refractivity contribution in [3.8, 4) is 11.1 Å². The molecule has 4 heteroatoms. The Morgan fingerprint density at radius 2 is 1.75 bits per heavy atom. The van der Waals surface area contributed by atoms with Gasteiger partial charge in [0.25, 0.3) is 0 Å².